The summed E-state index contributed by atoms with van der Waals surface area (Å²) in [5.41, 5.74) is 1.52. The minimum atomic E-state index is -5.08. The summed E-state index contributed by atoms with van der Waals surface area (Å²) in [7, 11) is -2.39. The largest absolute Gasteiger partial charge is 0.573 e. The Morgan fingerprint density at radius 2 is 1.71 bits per heavy atom. The van der Waals surface area contributed by atoms with Crippen molar-refractivity contribution in [3.8, 4) is 11.5 Å². The fourth-order valence-corrected chi connectivity index (χ4v) is 7.47. The van der Waals surface area contributed by atoms with Gasteiger partial charge < -0.3 is 14.8 Å². The first-order chi connectivity index (χ1) is 21.2. The first-order valence-corrected chi connectivity index (χ1v) is 16.5. The summed E-state index contributed by atoms with van der Waals surface area (Å²) < 4.78 is 78.6. The van der Waals surface area contributed by atoms with Gasteiger partial charge in [-0.05, 0) is 75.7 Å². The van der Waals surface area contributed by atoms with Gasteiger partial charge in [-0.25, -0.2) is 13.1 Å². The highest BCUT2D eigenvalue weighted by Gasteiger charge is 2.39. The molecular formula is C33H38F3N3O5S. The number of para-hydroxylation sites is 2. The number of carbonyl (C=O) groups excluding carboxylic acids is 1. The molecule has 1 aliphatic heterocycles. The second-order valence-electron chi connectivity index (χ2n) is 12.3. The quantitative estimate of drug-likeness (QED) is 0.256. The molecule has 0 bridgehead atoms. The van der Waals surface area contributed by atoms with Crippen LogP contribution in [0.3, 0.4) is 0 Å². The molecule has 1 amide bonds. The molecule has 242 valence electrons. The van der Waals surface area contributed by atoms with Crippen LogP contribution in [0, 0.1) is 0 Å². The Hall–Kier alpha value is -3.61. The molecule has 3 aromatic rings. The molecule has 2 aliphatic rings. The molecule has 0 radical (unpaired) electrons. The van der Waals surface area contributed by atoms with E-state index in [1.165, 1.54) is 31.4 Å². The lowest BCUT2D eigenvalue weighted by Gasteiger charge is -2.38. The molecule has 8 nitrogen and oxygen atoms in total. The van der Waals surface area contributed by atoms with E-state index in [0.29, 0.717) is 29.6 Å². The summed E-state index contributed by atoms with van der Waals surface area (Å²) in [4.78, 5) is 15.2. The van der Waals surface area contributed by atoms with Gasteiger partial charge in [0.2, 0.25) is 10.0 Å². The number of amides is 1. The third-order valence-electron chi connectivity index (χ3n) is 8.27. The van der Waals surface area contributed by atoms with Gasteiger partial charge in [0, 0.05) is 35.8 Å². The molecule has 5 rings (SSSR count). The SMILES string of the molecule is CN(Cc1ccccc1NC(=O)c1ccc2c(c1)[C@@H](NS(=O)(=O)c1ccccc1OC(F)(F)F)CC(C)(C)O2)C1CCCCC1. The molecule has 1 fully saturated rings. The lowest BCUT2D eigenvalue weighted by Crippen LogP contribution is -2.41. The van der Waals surface area contributed by atoms with Gasteiger partial charge in [-0.2, -0.15) is 0 Å². The monoisotopic (exact) mass is 645 g/mol. The van der Waals surface area contributed by atoms with E-state index in [4.69, 9.17) is 4.74 Å². The number of anilines is 1. The molecular weight excluding hydrogens is 607 g/mol. The summed E-state index contributed by atoms with van der Waals surface area (Å²) in [5.74, 6) is -0.865. The van der Waals surface area contributed by atoms with Crippen molar-refractivity contribution in [3.63, 3.8) is 0 Å². The first-order valence-electron chi connectivity index (χ1n) is 15.0. The maximum atomic E-state index is 13.5. The molecule has 1 saturated carbocycles. The van der Waals surface area contributed by atoms with E-state index < -0.39 is 38.7 Å². The summed E-state index contributed by atoms with van der Waals surface area (Å²) in [6.07, 6.45) is 1.10. The Labute approximate surface area is 262 Å². The van der Waals surface area contributed by atoms with Crippen molar-refractivity contribution < 1.29 is 35.9 Å². The zero-order valence-electron chi connectivity index (χ0n) is 25.5. The normalized spacial score (nSPS) is 18.6. The summed E-state index contributed by atoms with van der Waals surface area (Å²) in [5, 5.41) is 3.01. The van der Waals surface area contributed by atoms with Gasteiger partial charge in [0.15, 0.2) is 0 Å². The van der Waals surface area contributed by atoms with Gasteiger partial charge in [-0.15, -0.1) is 13.2 Å². The fourth-order valence-electron chi connectivity index (χ4n) is 6.13. The number of alkyl halides is 3. The van der Waals surface area contributed by atoms with Crippen LogP contribution in [-0.4, -0.2) is 44.3 Å². The van der Waals surface area contributed by atoms with Gasteiger partial charge in [0.05, 0.1) is 6.04 Å². The number of halogens is 3. The van der Waals surface area contributed by atoms with Crippen molar-refractivity contribution >= 4 is 21.6 Å². The topological polar surface area (TPSA) is 97.0 Å². The number of rotatable bonds is 9. The van der Waals surface area contributed by atoms with E-state index in [9.17, 15) is 26.4 Å². The van der Waals surface area contributed by atoms with Crippen LogP contribution in [-0.2, 0) is 16.6 Å². The van der Waals surface area contributed by atoms with Gasteiger partial charge in [-0.3, -0.25) is 9.69 Å². The zero-order valence-corrected chi connectivity index (χ0v) is 26.3. The number of carbonyl (C=O) groups is 1. The molecule has 1 atom stereocenters. The molecule has 1 aliphatic carbocycles. The Morgan fingerprint density at radius 1 is 1.02 bits per heavy atom. The number of nitrogens with one attached hydrogen (secondary N) is 2. The van der Waals surface area contributed by atoms with Gasteiger partial charge in [-0.1, -0.05) is 49.6 Å². The minimum Gasteiger partial charge on any atom is -0.487 e. The number of sulfonamides is 1. The molecule has 0 aromatic heterocycles. The van der Waals surface area contributed by atoms with E-state index in [1.54, 1.807) is 32.0 Å². The Balaban J connectivity index is 1.39. The predicted octanol–water partition coefficient (Wildman–Crippen LogP) is 7.18. The zero-order chi connectivity index (χ0) is 32.4. The number of fused-ring (bicyclic) bond motifs is 1. The van der Waals surface area contributed by atoms with Crippen LogP contribution in [0.15, 0.2) is 71.6 Å². The van der Waals surface area contributed by atoms with Crippen LogP contribution in [0.4, 0.5) is 18.9 Å². The summed E-state index contributed by atoms with van der Waals surface area (Å²) in [6, 6.07) is 16.5. The molecule has 45 heavy (non-hydrogen) atoms. The van der Waals surface area contributed by atoms with Crippen LogP contribution in [0.5, 0.6) is 11.5 Å². The Bertz CT molecular complexity index is 1640. The minimum absolute atomic E-state index is 0.156. The van der Waals surface area contributed by atoms with Crippen LogP contribution in [0.25, 0.3) is 0 Å². The van der Waals surface area contributed by atoms with Crippen molar-refractivity contribution in [2.24, 2.45) is 0 Å². The highest BCUT2D eigenvalue weighted by atomic mass is 32.2. The predicted molar refractivity (Wildman–Crippen MR) is 165 cm³/mol. The van der Waals surface area contributed by atoms with E-state index in [2.05, 4.69) is 26.7 Å². The molecule has 0 spiro atoms. The summed E-state index contributed by atoms with van der Waals surface area (Å²) in [6.45, 7) is 4.23. The van der Waals surface area contributed by atoms with Crippen molar-refractivity contribution in [2.75, 3.05) is 12.4 Å². The molecule has 2 N–H and O–H groups in total. The smallest absolute Gasteiger partial charge is 0.487 e. The molecule has 0 unspecified atom stereocenters. The second-order valence-corrected chi connectivity index (χ2v) is 14.0. The van der Waals surface area contributed by atoms with Crippen LogP contribution in [0.1, 0.15) is 79.9 Å². The van der Waals surface area contributed by atoms with Crippen LogP contribution >= 0.6 is 0 Å². The lowest BCUT2D eigenvalue weighted by molar-refractivity contribution is -0.275. The fraction of sp³-hybridized carbons (Fsp3) is 0.424. The first kappa shape index (κ1) is 32.8. The Morgan fingerprint density at radius 3 is 2.44 bits per heavy atom. The van der Waals surface area contributed by atoms with Crippen LogP contribution < -0.4 is 19.5 Å². The third-order valence-corrected chi connectivity index (χ3v) is 9.79. The molecule has 0 saturated heterocycles. The second kappa shape index (κ2) is 13.0. The van der Waals surface area contributed by atoms with Crippen LogP contribution in [0.2, 0.25) is 0 Å². The number of ether oxygens (including phenoxy) is 2. The maximum absolute atomic E-state index is 13.5. The van der Waals surface area contributed by atoms with Crippen molar-refractivity contribution in [1.82, 2.24) is 9.62 Å². The maximum Gasteiger partial charge on any atom is 0.573 e. The van der Waals surface area contributed by atoms with Crippen molar-refractivity contribution in [3.05, 3.63) is 83.4 Å². The number of nitrogens with zero attached hydrogens (tertiary/aromatic N) is 1. The molecule has 1 heterocycles. The molecule has 3 aromatic carbocycles. The number of hydrogen-bond acceptors (Lipinski definition) is 6. The number of benzene rings is 3. The van der Waals surface area contributed by atoms with Gasteiger partial charge >= 0.3 is 6.36 Å². The highest BCUT2D eigenvalue weighted by molar-refractivity contribution is 7.89. The van der Waals surface area contributed by atoms with E-state index in [0.717, 1.165) is 30.5 Å². The van der Waals surface area contributed by atoms with Gasteiger partial charge in [0.1, 0.15) is 22.0 Å². The average Bonchev–Trinajstić information content (AvgIpc) is 2.97. The standard InChI is InChI=1S/C33H38F3N3O5S/c1-32(2)20-27(38-45(41,42)30-16-10-9-15-29(30)44-33(34,35)36)25-19-22(17-18-28(25)43-32)31(40)37-26-14-8-7-11-23(26)21-39(3)24-12-5-4-6-13-24/h7-11,14-19,24,27,38H,4-6,12-13,20-21H2,1-3H3,(H,37,40)/t27-/m0/s1. The van der Waals surface area contributed by atoms with Crippen molar-refractivity contribution in [1.29, 1.82) is 0 Å². The van der Waals surface area contributed by atoms with Crippen molar-refractivity contribution in [2.45, 2.75) is 87.9 Å². The molecule has 12 heteroatoms. The Kier molecular flexibility index (Phi) is 9.48. The summed E-state index contributed by atoms with van der Waals surface area (Å²) >= 11 is 0. The average molecular weight is 646 g/mol. The van der Waals surface area contributed by atoms with E-state index in [1.807, 2.05) is 24.3 Å². The van der Waals surface area contributed by atoms with E-state index in [-0.39, 0.29) is 17.9 Å². The lowest BCUT2D eigenvalue weighted by atomic mass is 9.89. The third kappa shape index (κ3) is 8.16. The number of hydrogen-bond donors (Lipinski definition) is 2. The van der Waals surface area contributed by atoms with Gasteiger partial charge in [0.25, 0.3) is 5.91 Å². The van der Waals surface area contributed by atoms with E-state index >= 15 is 0 Å². The highest BCUT2D eigenvalue weighted by Crippen LogP contribution is 2.41.